The molecule has 2 atom stereocenters. The van der Waals surface area contributed by atoms with Crippen molar-refractivity contribution in [2.45, 2.75) is 0 Å². The fourth-order valence-electron chi connectivity index (χ4n) is 3.00. The van der Waals surface area contributed by atoms with Gasteiger partial charge in [-0.3, -0.25) is 0 Å². The molecule has 1 aliphatic heterocycles. The van der Waals surface area contributed by atoms with Crippen LogP contribution < -0.4 is 10.6 Å². The summed E-state index contributed by atoms with van der Waals surface area (Å²) in [6.45, 7) is 0. The van der Waals surface area contributed by atoms with E-state index in [2.05, 4.69) is 140 Å². The van der Waals surface area contributed by atoms with Gasteiger partial charge in [-0.25, -0.2) is 0 Å². The first-order valence-corrected chi connectivity index (χ1v) is 21.5. The number of benzene rings is 3. The SMILES string of the molecule is CN(/C=C\c1ccccc1)C1=N[P+]([Se-])(c2ccccc2)[Se][P+]1([Se-])c1ccccc1. The van der Waals surface area contributed by atoms with Crippen LogP contribution >= 0.6 is 9.43 Å². The van der Waals surface area contributed by atoms with Crippen LogP contribution in [0, 0.1) is 0 Å². The molecule has 1 aliphatic rings. The summed E-state index contributed by atoms with van der Waals surface area (Å²) in [6, 6.07) is 32.1. The average Bonchev–Trinajstić information content (AvgIpc) is 3.07. The number of hydrogen-bond acceptors (Lipinski definition) is 2. The Balaban J connectivity index is 1.75. The monoisotopic (exact) mass is 614 g/mol. The quantitative estimate of drug-likeness (QED) is 0.319. The van der Waals surface area contributed by atoms with Gasteiger partial charge in [0, 0.05) is 0 Å². The minimum atomic E-state index is -1.70. The Hall–Kier alpha value is -0.712. The third kappa shape index (κ3) is 4.65. The molecule has 0 aliphatic carbocycles. The van der Waals surface area contributed by atoms with Gasteiger partial charge < -0.3 is 0 Å². The van der Waals surface area contributed by atoms with Gasteiger partial charge in [0.1, 0.15) is 0 Å². The van der Waals surface area contributed by atoms with Crippen LogP contribution in [0.3, 0.4) is 0 Å². The van der Waals surface area contributed by atoms with Gasteiger partial charge in [0.15, 0.2) is 0 Å². The average molecular weight is 611 g/mol. The summed E-state index contributed by atoms with van der Waals surface area (Å²) in [7, 11) is 2.13. The molecule has 1 heterocycles. The maximum atomic E-state index is 5.42. The summed E-state index contributed by atoms with van der Waals surface area (Å²) < 4.78 is 3.76. The summed E-state index contributed by atoms with van der Waals surface area (Å²) >= 11 is 7.55. The number of amidine groups is 1. The Morgan fingerprint density at radius 2 is 1.31 bits per heavy atom. The van der Waals surface area contributed by atoms with E-state index in [4.69, 9.17) is 4.76 Å². The van der Waals surface area contributed by atoms with Crippen molar-refractivity contribution in [1.82, 2.24) is 4.90 Å². The van der Waals surface area contributed by atoms with E-state index >= 15 is 0 Å². The van der Waals surface area contributed by atoms with Crippen molar-refractivity contribution in [3.63, 3.8) is 0 Å². The predicted molar refractivity (Wildman–Crippen MR) is 134 cm³/mol. The predicted octanol–water partition coefficient (Wildman–Crippen LogP) is 4.26. The van der Waals surface area contributed by atoms with E-state index in [1.165, 1.54) is 21.7 Å². The molecule has 0 saturated carbocycles. The summed E-state index contributed by atoms with van der Waals surface area (Å²) in [4.78, 5) is 0.533. The van der Waals surface area contributed by atoms with Gasteiger partial charge in [-0.15, -0.1) is 0 Å². The van der Waals surface area contributed by atoms with Crippen molar-refractivity contribution >= 4 is 76.9 Å². The topological polar surface area (TPSA) is 15.6 Å². The third-order valence-corrected chi connectivity index (χ3v) is 39.8. The van der Waals surface area contributed by atoms with Crippen LogP contribution in [0.4, 0.5) is 0 Å². The molecule has 0 aromatic heterocycles. The fraction of sp³-hybridized carbons (Fsp3) is 0.0455. The maximum absolute atomic E-state index is 5.42. The number of hydrogen-bond donors (Lipinski definition) is 0. The van der Waals surface area contributed by atoms with Crippen molar-refractivity contribution in [2.24, 2.45) is 4.76 Å². The molecule has 0 bridgehead atoms. The van der Waals surface area contributed by atoms with Crippen LogP contribution in [0.15, 0.2) is 102 Å². The van der Waals surface area contributed by atoms with Gasteiger partial charge in [0.2, 0.25) is 0 Å². The van der Waals surface area contributed by atoms with Gasteiger partial charge in [-0.05, 0) is 0 Å². The van der Waals surface area contributed by atoms with E-state index < -0.39 is 9.43 Å². The molecular formula is C22H20N2P2Se3. The van der Waals surface area contributed by atoms with Crippen molar-refractivity contribution in [1.29, 1.82) is 0 Å². The van der Waals surface area contributed by atoms with Gasteiger partial charge in [0.05, 0.1) is 0 Å². The van der Waals surface area contributed by atoms with Crippen LogP contribution in [-0.2, 0) is 0 Å². The molecule has 4 rings (SSSR count). The number of nitrogens with zero attached hydrogens (tertiary/aromatic N) is 2. The van der Waals surface area contributed by atoms with Crippen LogP contribution in [0.5, 0.6) is 0 Å². The molecule has 0 radical (unpaired) electrons. The zero-order valence-electron chi connectivity index (χ0n) is 15.8. The Bertz CT molecular complexity index is 1030. The van der Waals surface area contributed by atoms with Crippen LogP contribution in [-0.4, -0.2) is 62.7 Å². The molecule has 3 aromatic carbocycles. The third-order valence-electron chi connectivity index (χ3n) is 4.49. The minimum absolute atomic E-state index is 0.326. The zero-order valence-corrected chi connectivity index (χ0v) is 22.8. The fourth-order valence-corrected chi connectivity index (χ4v) is 57.3. The van der Waals surface area contributed by atoms with E-state index in [0.717, 1.165) is 0 Å². The number of rotatable bonds is 4. The second kappa shape index (κ2) is 9.19. The molecule has 0 amide bonds. The van der Waals surface area contributed by atoms with Gasteiger partial charge in [-0.1, -0.05) is 0 Å². The van der Waals surface area contributed by atoms with E-state index in [1.54, 1.807) is 0 Å². The van der Waals surface area contributed by atoms with Crippen LogP contribution in [0.1, 0.15) is 5.56 Å². The molecule has 146 valence electrons. The van der Waals surface area contributed by atoms with E-state index in [0.29, 0.717) is 14.1 Å². The summed E-state index contributed by atoms with van der Waals surface area (Å²) in [5.74, 6) is 0. The Labute approximate surface area is 195 Å². The van der Waals surface area contributed by atoms with Crippen molar-refractivity contribution in [3.8, 4) is 0 Å². The van der Waals surface area contributed by atoms with Gasteiger partial charge in [0.25, 0.3) is 0 Å². The summed E-state index contributed by atoms with van der Waals surface area (Å²) in [5, 5.41) is 2.75. The Morgan fingerprint density at radius 3 is 1.90 bits per heavy atom. The normalized spacial score (nSPS) is 23.9. The first kappa shape index (κ1) is 21.5. The molecule has 0 spiro atoms. The van der Waals surface area contributed by atoms with Crippen LogP contribution in [0.25, 0.3) is 6.08 Å². The first-order chi connectivity index (χ1) is 14.0. The zero-order chi connectivity index (χ0) is 20.3. The Kier molecular flexibility index (Phi) is 6.82. The second-order valence-electron chi connectivity index (χ2n) is 6.56. The second-order valence-corrected chi connectivity index (χ2v) is 34.7. The summed E-state index contributed by atoms with van der Waals surface area (Å²) in [5.41, 5.74) is 2.39. The molecule has 0 N–H and O–H groups in total. The molecule has 0 fully saturated rings. The van der Waals surface area contributed by atoms with E-state index in [9.17, 15) is 0 Å². The van der Waals surface area contributed by atoms with Crippen molar-refractivity contribution < 1.29 is 0 Å². The van der Waals surface area contributed by atoms with E-state index in [1.807, 2.05) is 6.07 Å². The summed E-state index contributed by atoms with van der Waals surface area (Å²) in [6.07, 6.45) is 4.31. The molecule has 0 saturated heterocycles. The molecular weight excluding hydrogens is 591 g/mol. The van der Waals surface area contributed by atoms with Crippen molar-refractivity contribution in [2.75, 3.05) is 7.05 Å². The molecule has 2 unspecified atom stereocenters. The molecule has 3 aromatic rings. The first-order valence-electron chi connectivity index (χ1n) is 9.11. The molecule has 7 heteroatoms. The van der Waals surface area contributed by atoms with E-state index in [-0.39, 0.29) is 0 Å². The Morgan fingerprint density at radius 1 is 0.793 bits per heavy atom. The van der Waals surface area contributed by atoms with Crippen LogP contribution in [0.2, 0.25) is 0 Å². The van der Waals surface area contributed by atoms with Crippen molar-refractivity contribution in [3.05, 3.63) is 103 Å². The van der Waals surface area contributed by atoms with Gasteiger partial charge in [-0.2, -0.15) is 0 Å². The van der Waals surface area contributed by atoms with Gasteiger partial charge >= 0.3 is 196 Å². The standard InChI is InChI=1S/C22H20N2P2Se3/c1-24(18-17-19-11-5-2-6-12-19)22-23-26(28,21-15-9-4-10-16-21)29-25(22,27)20-13-7-3-8-14-20/h2-18H,1H3/b18-17-. The molecule has 29 heavy (non-hydrogen) atoms. The molecule has 2 nitrogen and oxygen atoms in total.